The van der Waals surface area contributed by atoms with Crippen molar-refractivity contribution in [2.45, 2.75) is 84.6 Å². The lowest BCUT2D eigenvalue weighted by Crippen LogP contribution is -2.47. The minimum absolute atomic E-state index is 0.0404. The molecule has 0 aliphatic rings. The summed E-state index contributed by atoms with van der Waals surface area (Å²) < 4.78 is 53.9. The number of rotatable bonds is 9. The Morgan fingerprint density at radius 1 is 0.870 bits per heavy atom. The molecule has 0 aromatic rings. The Hall–Kier alpha value is -0.180. The average molecular weight is 371 g/mol. The van der Waals surface area contributed by atoms with Crippen LogP contribution < -0.4 is 9.44 Å². The van der Waals surface area contributed by atoms with Gasteiger partial charge in [0, 0.05) is 11.1 Å². The second kappa shape index (κ2) is 7.80. The van der Waals surface area contributed by atoms with Gasteiger partial charge in [-0.2, -0.15) is 0 Å². The fraction of sp³-hybridized carbons (Fsp3) is 1.00. The summed E-state index contributed by atoms with van der Waals surface area (Å²) in [6, 6.07) is 0. The number of sulfonamides is 2. The maximum Gasteiger partial charge on any atom is 0.214 e. The zero-order valence-electron chi connectivity index (χ0n) is 15.7. The summed E-state index contributed by atoms with van der Waals surface area (Å²) in [5, 5.41) is -0.587. The van der Waals surface area contributed by atoms with Crippen LogP contribution in [0.25, 0.3) is 0 Å². The van der Waals surface area contributed by atoms with Gasteiger partial charge in [0.2, 0.25) is 20.0 Å². The highest BCUT2D eigenvalue weighted by Gasteiger charge is 2.30. The molecule has 0 bridgehead atoms. The molecule has 0 spiro atoms. The van der Waals surface area contributed by atoms with Crippen LogP contribution in [0.3, 0.4) is 0 Å². The van der Waals surface area contributed by atoms with E-state index in [0.717, 1.165) is 0 Å². The summed E-state index contributed by atoms with van der Waals surface area (Å²) in [7, 11) is -6.80. The molecule has 8 heteroatoms. The van der Waals surface area contributed by atoms with Gasteiger partial charge in [0.15, 0.2) is 0 Å². The molecule has 140 valence electrons. The summed E-state index contributed by atoms with van der Waals surface area (Å²) >= 11 is 0. The zero-order valence-corrected chi connectivity index (χ0v) is 17.4. The second-order valence-electron chi connectivity index (χ2n) is 8.41. The van der Waals surface area contributed by atoms with Gasteiger partial charge < -0.3 is 0 Å². The van der Waals surface area contributed by atoms with Crippen LogP contribution in [-0.2, 0) is 20.0 Å². The van der Waals surface area contributed by atoms with Crippen molar-refractivity contribution in [2.75, 3.05) is 5.75 Å². The maximum absolute atomic E-state index is 12.2. The summed E-state index contributed by atoms with van der Waals surface area (Å²) in [6.07, 6.45) is 0.819. The van der Waals surface area contributed by atoms with Crippen molar-refractivity contribution in [3.63, 3.8) is 0 Å². The van der Waals surface area contributed by atoms with Crippen LogP contribution in [-0.4, -0.2) is 38.9 Å². The lowest BCUT2D eigenvalue weighted by molar-refractivity contribution is 0.403. The van der Waals surface area contributed by atoms with Crippen molar-refractivity contribution in [1.29, 1.82) is 0 Å². The van der Waals surface area contributed by atoms with E-state index in [0.29, 0.717) is 12.8 Å². The molecule has 0 aromatic carbocycles. The fourth-order valence-electron chi connectivity index (χ4n) is 2.20. The third kappa shape index (κ3) is 10.3. The molecule has 0 aliphatic carbocycles. The standard InChI is InChI=1S/C15H34N2O4S2/c1-12(2)11-22(18,19)17-15(7,8)10-9-13(3)23(20,21)16-14(4,5)6/h12-13,16-17H,9-11H2,1-8H3. The van der Waals surface area contributed by atoms with Crippen LogP contribution in [0.5, 0.6) is 0 Å². The molecule has 0 saturated carbocycles. The average Bonchev–Trinajstić information content (AvgIpc) is 2.18. The van der Waals surface area contributed by atoms with Gasteiger partial charge in [-0.3, -0.25) is 0 Å². The van der Waals surface area contributed by atoms with E-state index >= 15 is 0 Å². The molecule has 0 fully saturated rings. The summed E-state index contributed by atoms with van der Waals surface area (Å²) in [4.78, 5) is 0. The molecule has 0 aliphatic heterocycles. The molecule has 0 saturated heterocycles. The van der Waals surface area contributed by atoms with Crippen molar-refractivity contribution in [2.24, 2.45) is 5.92 Å². The predicted octanol–water partition coefficient (Wildman–Crippen LogP) is 2.23. The molecule has 2 N–H and O–H groups in total. The first kappa shape index (κ1) is 22.8. The first-order valence-corrected chi connectivity index (χ1v) is 11.2. The van der Waals surface area contributed by atoms with E-state index in [1.807, 2.05) is 13.8 Å². The van der Waals surface area contributed by atoms with Crippen molar-refractivity contribution in [1.82, 2.24) is 9.44 Å². The molecular weight excluding hydrogens is 336 g/mol. The van der Waals surface area contributed by atoms with E-state index in [4.69, 9.17) is 0 Å². The van der Waals surface area contributed by atoms with Gasteiger partial charge >= 0.3 is 0 Å². The first-order chi connectivity index (χ1) is 9.96. The predicted molar refractivity (Wildman–Crippen MR) is 96.3 cm³/mol. The molecule has 0 rings (SSSR count). The molecule has 0 heterocycles. The van der Waals surface area contributed by atoms with E-state index in [2.05, 4.69) is 9.44 Å². The Labute approximate surface area is 142 Å². The third-order valence-corrected chi connectivity index (χ3v) is 7.30. The van der Waals surface area contributed by atoms with E-state index in [1.54, 1.807) is 41.5 Å². The Kier molecular flexibility index (Phi) is 7.74. The summed E-state index contributed by atoms with van der Waals surface area (Å²) in [5.41, 5.74) is -1.21. The van der Waals surface area contributed by atoms with Crippen LogP contribution in [0.4, 0.5) is 0 Å². The van der Waals surface area contributed by atoms with E-state index in [-0.39, 0.29) is 11.7 Å². The highest BCUT2D eigenvalue weighted by molar-refractivity contribution is 7.90. The van der Waals surface area contributed by atoms with Crippen LogP contribution in [0.2, 0.25) is 0 Å². The minimum Gasteiger partial charge on any atom is -0.212 e. The second-order valence-corrected chi connectivity index (χ2v) is 12.3. The van der Waals surface area contributed by atoms with Crippen molar-refractivity contribution < 1.29 is 16.8 Å². The quantitative estimate of drug-likeness (QED) is 0.651. The number of hydrogen-bond acceptors (Lipinski definition) is 4. The molecule has 1 atom stereocenters. The lowest BCUT2D eigenvalue weighted by Gasteiger charge is -2.29. The van der Waals surface area contributed by atoms with E-state index in [1.165, 1.54) is 0 Å². The Morgan fingerprint density at radius 2 is 1.35 bits per heavy atom. The SMILES string of the molecule is CC(C)CS(=O)(=O)NC(C)(C)CCC(C)S(=O)(=O)NC(C)(C)C. The maximum atomic E-state index is 12.2. The lowest BCUT2D eigenvalue weighted by atomic mass is 9.99. The van der Waals surface area contributed by atoms with E-state index in [9.17, 15) is 16.8 Å². The molecule has 23 heavy (non-hydrogen) atoms. The van der Waals surface area contributed by atoms with E-state index < -0.39 is 36.4 Å². The molecule has 6 nitrogen and oxygen atoms in total. The number of nitrogens with one attached hydrogen (secondary N) is 2. The monoisotopic (exact) mass is 370 g/mol. The first-order valence-electron chi connectivity index (χ1n) is 8.00. The van der Waals surface area contributed by atoms with Crippen LogP contribution in [0, 0.1) is 5.92 Å². The fourth-order valence-corrected chi connectivity index (χ4v) is 5.59. The summed E-state index contributed by atoms with van der Waals surface area (Å²) in [6.45, 7) is 14.3. The smallest absolute Gasteiger partial charge is 0.212 e. The van der Waals surface area contributed by atoms with Gasteiger partial charge in [0.25, 0.3) is 0 Å². The van der Waals surface area contributed by atoms with Crippen LogP contribution in [0.15, 0.2) is 0 Å². The molecule has 0 radical (unpaired) electrons. The molecule has 0 aromatic heterocycles. The van der Waals surface area contributed by atoms with Gasteiger partial charge in [-0.05, 0) is 60.3 Å². The largest absolute Gasteiger partial charge is 0.214 e. The zero-order chi connectivity index (χ0) is 18.7. The van der Waals surface area contributed by atoms with Crippen molar-refractivity contribution >= 4 is 20.0 Å². The van der Waals surface area contributed by atoms with Crippen molar-refractivity contribution in [3.05, 3.63) is 0 Å². The van der Waals surface area contributed by atoms with Gasteiger partial charge in [0.05, 0.1) is 11.0 Å². The Morgan fingerprint density at radius 3 is 1.74 bits per heavy atom. The highest BCUT2D eigenvalue weighted by Crippen LogP contribution is 2.19. The Balaban J connectivity index is 4.77. The molecular formula is C15H34N2O4S2. The molecule has 1 unspecified atom stereocenters. The highest BCUT2D eigenvalue weighted by atomic mass is 32.2. The van der Waals surface area contributed by atoms with Gasteiger partial charge in [-0.1, -0.05) is 13.8 Å². The van der Waals surface area contributed by atoms with Gasteiger partial charge in [-0.15, -0.1) is 0 Å². The minimum atomic E-state index is -3.43. The van der Waals surface area contributed by atoms with Crippen molar-refractivity contribution in [3.8, 4) is 0 Å². The van der Waals surface area contributed by atoms with Gasteiger partial charge in [0.1, 0.15) is 0 Å². The normalized spacial score (nSPS) is 15.9. The topological polar surface area (TPSA) is 92.3 Å². The van der Waals surface area contributed by atoms with Gasteiger partial charge in [-0.25, -0.2) is 26.3 Å². The molecule has 0 amide bonds. The Bertz CT molecular complexity index is 573. The number of hydrogen-bond donors (Lipinski definition) is 2. The van der Waals surface area contributed by atoms with Crippen LogP contribution in [0.1, 0.15) is 68.2 Å². The summed E-state index contributed by atoms with van der Waals surface area (Å²) in [5.74, 6) is 0.106. The van der Waals surface area contributed by atoms with Crippen LogP contribution >= 0.6 is 0 Å². The third-order valence-electron chi connectivity index (χ3n) is 3.14.